The molecule has 1 aliphatic rings. The number of aromatic nitrogens is 2. The minimum Gasteiger partial charge on any atom is -0.481 e. The third-order valence-electron chi connectivity index (χ3n) is 2.95. The Hall–Kier alpha value is -1.65. The molecule has 0 radical (unpaired) electrons. The summed E-state index contributed by atoms with van der Waals surface area (Å²) in [6.07, 6.45) is 1.37. The van der Waals surface area contributed by atoms with Crippen LogP contribution in [0.25, 0.3) is 0 Å². The predicted molar refractivity (Wildman–Crippen MR) is 59.3 cm³/mol. The van der Waals surface area contributed by atoms with Gasteiger partial charge in [-0.25, -0.2) is 0 Å². The van der Waals surface area contributed by atoms with E-state index in [-0.39, 0.29) is 5.92 Å². The second kappa shape index (κ2) is 4.47. The van der Waals surface area contributed by atoms with E-state index >= 15 is 0 Å². The minimum absolute atomic E-state index is 0.199. The Morgan fingerprint density at radius 2 is 2.06 bits per heavy atom. The predicted octanol–water partition coefficient (Wildman–Crippen LogP) is 1.09. The Morgan fingerprint density at radius 1 is 1.38 bits per heavy atom. The molecule has 1 fully saturated rings. The molecular weight excluding hydrogens is 206 g/mol. The molecule has 1 N–H and O–H groups in total. The molecule has 1 aliphatic heterocycles. The molecule has 0 spiro atoms. The molecule has 5 heteroatoms. The molecule has 1 aromatic heterocycles. The van der Waals surface area contributed by atoms with Crippen molar-refractivity contribution in [2.75, 3.05) is 18.0 Å². The number of rotatable bonds is 2. The molecule has 1 saturated heterocycles. The van der Waals surface area contributed by atoms with Crippen LogP contribution in [0.2, 0.25) is 0 Å². The van der Waals surface area contributed by atoms with Gasteiger partial charge in [-0.1, -0.05) is 0 Å². The van der Waals surface area contributed by atoms with Crippen molar-refractivity contribution in [2.24, 2.45) is 5.92 Å². The Balaban J connectivity index is 1.99. The number of nitrogens with zero attached hydrogens (tertiary/aromatic N) is 3. The molecule has 0 saturated carbocycles. The molecule has 86 valence electrons. The van der Waals surface area contributed by atoms with E-state index < -0.39 is 5.97 Å². The second-order valence-electron chi connectivity index (χ2n) is 4.13. The van der Waals surface area contributed by atoms with Crippen LogP contribution >= 0.6 is 0 Å². The van der Waals surface area contributed by atoms with Crippen LogP contribution in [-0.4, -0.2) is 34.4 Å². The molecule has 2 heterocycles. The van der Waals surface area contributed by atoms with E-state index in [0.29, 0.717) is 12.8 Å². The first-order valence-electron chi connectivity index (χ1n) is 5.45. The lowest BCUT2D eigenvalue weighted by Crippen LogP contribution is -2.36. The second-order valence-corrected chi connectivity index (χ2v) is 4.13. The fourth-order valence-electron chi connectivity index (χ4n) is 1.92. The fourth-order valence-corrected chi connectivity index (χ4v) is 1.92. The first-order valence-corrected chi connectivity index (χ1v) is 5.45. The normalized spacial score (nSPS) is 17.4. The van der Waals surface area contributed by atoms with Crippen molar-refractivity contribution in [1.82, 2.24) is 10.2 Å². The maximum atomic E-state index is 10.8. The minimum atomic E-state index is -0.686. The number of carboxylic acids is 1. The van der Waals surface area contributed by atoms with Crippen molar-refractivity contribution in [3.63, 3.8) is 0 Å². The molecule has 1 aromatic rings. The van der Waals surface area contributed by atoms with Crippen molar-refractivity contribution in [3.8, 4) is 0 Å². The summed E-state index contributed by atoms with van der Waals surface area (Å²) in [6.45, 7) is 3.39. The highest BCUT2D eigenvalue weighted by atomic mass is 16.4. The number of hydrogen-bond donors (Lipinski definition) is 1. The average molecular weight is 221 g/mol. The first-order chi connectivity index (χ1) is 7.66. The molecule has 0 atom stereocenters. The molecular formula is C11H15N3O2. The number of carboxylic acid groups (broad SMARTS) is 1. The van der Waals surface area contributed by atoms with Gasteiger partial charge in [0, 0.05) is 13.1 Å². The zero-order valence-electron chi connectivity index (χ0n) is 9.26. The van der Waals surface area contributed by atoms with Gasteiger partial charge in [0.1, 0.15) is 0 Å². The summed E-state index contributed by atoms with van der Waals surface area (Å²) >= 11 is 0. The molecule has 0 unspecified atom stereocenters. The number of piperidine rings is 1. The highest BCUT2D eigenvalue weighted by Crippen LogP contribution is 2.21. The van der Waals surface area contributed by atoms with Crippen molar-refractivity contribution in [2.45, 2.75) is 19.8 Å². The van der Waals surface area contributed by atoms with Crippen LogP contribution in [0, 0.1) is 12.8 Å². The highest BCUT2D eigenvalue weighted by molar-refractivity contribution is 5.70. The summed E-state index contributed by atoms with van der Waals surface area (Å²) in [4.78, 5) is 12.9. The molecule has 5 nitrogen and oxygen atoms in total. The number of aryl methyl sites for hydroxylation is 1. The third kappa shape index (κ3) is 2.29. The number of anilines is 1. The SMILES string of the molecule is Cc1ccc(N2CCC(C(=O)O)CC2)nn1. The fraction of sp³-hybridized carbons (Fsp3) is 0.545. The first kappa shape index (κ1) is 10.9. The van der Waals surface area contributed by atoms with Gasteiger partial charge < -0.3 is 10.0 Å². The summed E-state index contributed by atoms with van der Waals surface area (Å²) in [5.74, 6) is -0.0428. The maximum absolute atomic E-state index is 10.8. The Morgan fingerprint density at radius 3 is 2.56 bits per heavy atom. The summed E-state index contributed by atoms with van der Waals surface area (Å²) in [7, 11) is 0. The molecule has 0 aromatic carbocycles. The molecule has 0 bridgehead atoms. The van der Waals surface area contributed by atoms with Crippen molar-refractivity contribution in [3.05, 3.63) is 17.8 Å². The standard InChI is InChI=1S/C11H15N3O2/c1-8-2-3-10(13-12-8)14-6-4-9(5-7-14)11(15)16/h2-3,9H,4-7H2,1H3,(H,15,16). The largest absolute Gasteiger partial charge is 0.481 e. The van der Waals surface area contributed by atoms with E-state index in [4.69, 9.17) is 5.11 Å². The Kier molecular flexibility index (Phi) is 3.03. The quantitative estimate of drug-likeness (QED) is 0.809. The number of hydrogen-bond acceptors (Lipinski definition) is 4. The van der Waals surface area contributed by atoms with E-state index in [1.807, 2.05) is 19.1 Å². The van der Waals surface area contributed by atoms with Crippen molar-refractivity contribution >= 4 is 11.8 Å². The molecule has 0 aliphatic carbocycles. The van der Waals surface area contributed by atoms with Crippen LogP contribution in [-0.2, 0) is 4.79 Å². The smallest absolute Gasteiger partial charge is 0.306 e. The molecule has 0 amide bonds. The van der Waals surface area contributed by atoms with Gasteiger partial charge in [-0.05, 0) is 31.9 Å². The van der Waals surface area contributed by atoms with Crippen LogP contribution in [0.1, 0.15) is 18.5 Å². The van der Waals surface area contributed by atoms with Crippen LogP contribution in [0.5, 0.6) is 0 Å². The summed E-state index contributed by atoms with van der Waals surface area (Å²) < 4.78 is 0. The average Bonchev–Trinajstić information content (AvgIpc) is 2.30. The Labute approximate surface area is 94.1 Å². The lowest BCUT2D eigenvalue weighted by Gasteiger charge is -2.30. The lowest BCUT2D eigenvalue weighted by atomic mass is 9.97. The third-order valence-corrected chi connectivity index (χ3v) is 2.95. The summed E-state index contributed by atoms with van der Waals surface area (Å²) in [5.41, 5.74) is 0.893. The van der Waals surface area contributed by atoms with E-state index in [1.54, 1.807) is 0 Å². The van der Waals surface area contributed by atoms with E-state index in [0.717, 1.165) is 24.6 Å². The maximum Gasteiger partial charge on any atom is 0.306 e. The van der Waals surface area contributed by atoms with Gasteiger partial charge in [-0.2, -0.15) is 5.10 Å². The van der Waals surface area contributed by atoms with E-state index in [9.17, 15) is 4.79 Å². The van der Waals surface area contributed by atoms with Crippen LogP contribution < -0.4 is 4.90 Å². The zero-order valence-corrected chi connectivity index (χ0v) is 9.26. The lowest BCUT2D eigenvalue weighted by molar-refractivity contribution is -0.142. The van der Waals surface area contributed by atoms with Gasteiger partial charge in [0.2, 0.25) is 0 Å². The van der Waals surface area contributed by atoms with Crippen LogP contribution in [0.15, 0.2) is 12.1 Å². The monoisotopic (exact) mass is 221 g/mol. The van der Waals surface area contributed by atoms with Gasteiger partial charge >= 0.3 is 5.97 Å². The van der Waals surface area contributed by atoms with Gasteiger partial charge in [-0.3, -0.25) is 4.79 Å². The van der Waals surface area contributed by atoms with Crippen LogP contribution in [0.3, 0.4) is 0 Å². The highest BCUT2D eigenvalue weighted by Gasteiger charge is 2.24. The molecule has 2 rings (SSSR count). The molecule has 16 heavy (non-hydrogen) atoms. The van der Waals surface area contributed by atoms with Gasteiger partial charge in [0.25, 0.3) is 0 Å². The van der Waals surface area contributed by atoms with Gasteiger partial charge in [0.05, 0.1) is 11.6 Å². The van der Waals surface area contributed by atoms with Crippen LogP contribution in [0.4, 0.5) is 5.82 Å². The topological polar surface area (TPSA) is 66.3 Å². The summed E-state index contributed by atoms with van der Waals surface area (Å²) in [6, 6.07) is 3.86. The van der Waals surface area contributed by atoms with Gasteiger partial charge in [-0.15, -0.1) is 5.10 Å². The van der Waals surface area contributed by atoms with E-state index in [2.05, 4.69) is 15.1 Å². The van der Waals surface area contributed by atoms with Gasteiger partial charge in [0.15, 0.2) is 5.82 Å². The van der Waals surface area contributed by atoms with Crippen molar-refractivity contribution in [1.29, 1.82) is 0 Å². The van der Waals surface area contributed by atoms with Crippen molar-refractivity contribution < 1.29 is 9.90 Å². The zero-order chi connectivity index (χ0) is 11.5. The Bertz CT molecular complexity index is 369. The number of aliphatic carboxylic acids is 1. The summed E-state index contributed by atoms with van der Waals surface area (Å²) in [5, 5.41) is 17.0. The van der Waals surface area contributed by atoms with E-state index in [1.165, 1.54) is 0 Å². The number of carbonyl (C=O) groups is 1.